The smallest absolute Gasteiger partial charge is 0.263 e. The fourth-order valence-corrected chi connectivity index (χ4v) is 2.17. The van der Waals surface area contributed by atoms with Gasteiger partial charge in [0.1, 0.15) is 17.0 Å². The molecule has 25 heavy (non-hydrogen) atoms. The fourth-order valence-electron chi connectivity index (χ4n) is 1.80. The molecule has 0 unspecified atom stereocenters. The first-order valence-electron chi connectivity index (χ1n) is 8.10. The molecule has 0 aromatic heterocycles. The quantitative estimate of drug-likeness (QED) is 0.207. The van der Waals surface area contributed by atoms with Gasteiger partial charge >= 0.3 is 0 Å². The van der Waals surface area contributed by atoms with Gasteiger partial charge in [-0.25, -0.2) is 0 Å². The topological polar surface area (TPSA) is 97.9 Å². The van der Waals surface area contributed by atoms with Crippen molar-refractivity contribution in [3.05, 3.63) is 36.0 Å². The van der Waals surface area contributed by atoms with Gasteiger partial charge in [0.15, 0.2) is 0 Å². The van der Waals surface area contributed by atoms with Crippen molar-refractivity contribution in [1.29, 1.82) is 10.5 Å². The molecule has 0 spiro atoms. The van der Waals surface area contributed by atoms with E-state index in [9.17, 15) is 4.79 Å². The van der Waals surface area contributed by atoms with Crippen LogP contribution in [0.3, 0.4) is 0 Å². The Morgan fingerprint density at radius 3 is 2.60 bits per heavy atom. The summed E-state index contributed by atoms with van der Waals surface area (Å²) in [4.78, 5) is 12.8. The van der Waals surface area contributed by atoms with Gasteiger partial charge in [0.2, 0.25) is 0 Å². The molecule has 6 nitrogen and oxygen atoms in total. The SMILES string of the molecule is CCCCOCCCNC(=O)/C(C#N)=C\Nc1ccc(SC#N)cc1. The minimum Gasteiger partial charge on any atom is -0.381 e. The van der Waals surface area contributed by atoms with Crippen molar-refractivity contribution in [3.8, 4) is 11.5 Å². The predicted octanol–water partition coefficient (Wildman–Crippen LogP) is 3.40. The summed E-state index contributed by atoms with van der Waals surface area (Å²) in [5.41, 5.74) is 0.731. The first-order chi connectivity index (χ1) is 12.2. The van der Waals surface area contributed by atoms with E-state index in [1.54, 1.807) is 24.3 Å². The first kappa shape index (κ1) is 20.6. The van der Waals surface area contributed by atoms with Crippen molar-refractivity contribution in [1.82, 2.24) is 5.32 Å². The van der Waals surface area contributed by atoms with Crippen LogP contribution in [0.4, 0.5) is 5.69 Å². The average molecular weight is 358 g/mol. The summed E-state index contributed by atoms with van der Waals surface area (Å²) in [6.45, 7) is 3.90. The lowest BCUT2D eigenvalue weighted by atomic mass is 10.2. The molecule has 0 aliphatic carbocycles. The van der Waals surface area contributed by atoms with Gasteiger partial charge in [0.05, 0.1) is 0 Å². The number of nitrogens with zero attached hydrogens (tertiary/aromatic N) is 2. The minimum absolute atomic E-state index is 0.00220. The molecule has 7 heteroatoms. The number of ether oxygens (including phenoxy) is 1. The molecular weight excluding hydrogens is 336 g/mol. The molecule has 0 aliphatic rings. The number of rotatable bonds is 11. The Labute approximate surface area is 152 Å². The van der Waals surface area contributed by atoms with Gasteiger partial charge in [0, 0.05) is 36.5 Å². The number of carbonyl (C=O) groups is 1. The summed E-state index contributed by atoms with van der Waals surface area (Å²) >= 11 is 1.07. The summed E-state index contributed by atoms with van der Waals surface area (Å²) in [7, 11) is 0. The molecule has 0 saturated heterocycles. The molecule has 0 heterocycles. The van der Waals surface area contributed by atoms with Crippen molar-refractivity contribution < 1.29 is 9.53 Å². The number of hydrogen-bond acceptors (Lipinski definition) is 6. The largest absolute Gasteiger partial charge is 0.381 e. The van der Waals surface area contributed by atoms with Gasteiger partial charge < -0.3 is 15.4 Å². The van der Waals surface area contributed by atoms with Crippen LogP contribution in [0.25, 0.3) is 0 Å². The van der Waals surface area contributed by atoms with Crippen LogP contribution in [-0.2, 0) is 9.53 Å². The van der Waals surface area contributed by atoms with E-state index in [2.05, 4.69) is 17.6 Å². The molecule has 1 aromatic carbocycles. The molecule has 0 saturated carbocycles. The zero-order chi connectivity index (χ0) is 18.3. The lowest BCUT2D eigenvalue weighted by molar-refractivity contribution is -0.117. The van der Waals surface area contributed by atoms with E-state index in [0.29, 0.717) is 19.6 Å². The minimum atomic E-state index is -0.416. The number of nitriles is 2. The molecule has 0 atom stereocenters. The standard InChI is InChI=1S/C18H22N4O2S/c1-2-3-10-24-11-4-9-21-18(23)15(12-19)13-22-16-5-7-17(8-6-16)25-14-20/h5-8,13,22H,2-4,9-11H2,1H3,(H,21,23)/b15-13-. The van der Waals surface area contributed by atoms with Crippen LogP contribution in [0, 0.1) is 22.0 Å². The molecule has 0 fully saturated rings. The molecule has 1 amide bonds. The van der Waals surface area contributed by atoms with E-state index in [4.69, 9.17) is 15.3 Å². The maximum Gasteiger partial charge on any atom is 0.263 e. The Balaban J connectivity index is 2.38. The van der Waals surface area contributed by atoms with Gasteiger partial charge in [-0.05, 0) is 48.9 Å². The number of thiocyanates is 1. The molecule has 132 valence electrons. The monoisotopic (exact) mass is 358 g/mol. The highest BCUT2D eigenvalue weighted by Crippen LogP contribution is 2.19. The summed E-state index contributed by atoms with van der Waals surface area (Å²) in [6.07, 6.45) is 4.22. The summed E-state index contributed by atoms with van der Waals surface area (Å²) < 4.78 is 5.41. The molecule has 0 bridgehead atoms. The van der Waals surface area contributed by atoms with Crippen molar-refractivity contribution in [2.75, 3.05) is 25.1 Å². The highest BCUT2D eigenvalue weighted by molar-refractivity contribution is 8.03. The van der Waals surface area contributed by atoms with E-state index in [1.807, 2.05) is 11.5 Å². The third kappa shape index (κ3) is 8.80. The fraction of sp³-hybridized carbons (Fsp3) is 0.389. The second kappa shape index (κ2) is 12.9. The van der Waals surface area contributed by atoms with Crippen molar-refractivity contribution in [2.45, 2.75) is 31.1 Å². The van der Waals surface area contributed by atoms with E-state index in [1.165, 1.54) is 6.20 Å². The van der Waals surface area contributed by atoms with E-state index >= 15 is 0 Å². The third-order valence-corrected chi connectivity index (χ3v) is 3.76. The van der Waals surface area contributed by atoms with Crippen LogP contribution in [0.1, 0.15) is 26.2 Å². The highest BCUT2D eigenvalue weighted by atomic mass is 32.2. The lowest BCUT2D eigenvalue weighted by Gasteiger charge is -2.06. The Kier molecular flexibility index (Phi) is 10.6. The van der Waals surface area contributed by atoms with E-state index in [-0.39, 0.29) is 5.57 Å². The molecule has 0 aliphatic heterocycles. The summed E-state index contributed by atoms with van der Waals surface area (Å²) in [5.74, 6) is -0.416. The van der Waals surface area contributed by atoms with Gasteiger partial charge in [0.25, 0.3) is 5.91 Å². The van der Waals surface area contributed by atoms with Crippen LogP contribution >= 0.6 is 11.8 Å². The molecule has 1 rings (SSSR count). The lowest BCUT2D eigenvalue weighted by Crippen LogP contribution is -2.26. The van der Waals surface area contributed by atoms with Crippen LogP contribution in [0.2, 0.25) is 0 Å². The van der Waals surface area contributed by atoms with Gasteiger partial charge in [-0.1, -0.05) is 13.3 Å². The normalized spacial score (nSPS) is 10.6. The highest BCUT2D eigenvalue weighted by Gasteiger charge is 2.07. The van der Waals surface area contributed by atoms with Crippen molar-refractivity contribution in [3.63, 3.8) is 0 Å². The van der Waals surface area contributed by atoms with Crippen LogP contribution in [-0.4, -0.2) is 25.7 Å². The first-order valence-corrected chi connectivity index (χ1v) is 8.91. The summed E-state index contributed by atoms with van der Waals surface area (Å²) in [6, 6.07) is 9.00. The maximum absolute atomic E-state index is 11.9. The number of unbranched alkanes of at least 4 members (excludes halogenated alkanes) is 1. The van der Waals surface area contributed by atoms with Crippen LogP contribution < -0.4 is 10.6 Å². The number of hydrogen-bond donors (Lipinski definition) is 2. The number of carbonyl (C=O) groups excluding carboxylic acids is 1. The predicted molar refractivity (Wildman–Crippen MR) is 98.6 cm³/mol. The summed E-state index contributed by atoms with van der Waals surface area (Å²) in [5, 5.41) is 25.3. The average Bonchev–Trinajstić information content (AvgIpc) is 2.63. The van der Waals surface area contributed by atoms with Crippen LogP contribution in [0.15, 0.2) is 40.9 Å². The second-order valence-corrected chi connectivity index (χ2v) is 5.97. The van der Waals surface area contributed by atoms with Gasteiger partial charge in [-0.3, -0.25) is 4.79 Å². The van der Waals surface area contributed by atoms with Crippen LogP contribution in [0.5, 0.6) is 0 Å². The number of amides is 1. The second-order valence-electron chi connectivity index (χ2n) is 5.11. The maximum atomic E-state index is 11.9. The Bertz CT molecular complexity index is 645. The Hall–Kier alpha value is -2.48. The number of nitrogens with one attached hydrogen (secondary N) is 2. The van der Waals surface area contributed by atoms with Gasteiger partial charge in [-0.2, -0.15) is 10.5 Å². The molecule has 0 radical (unpaired) electrons. The zero-order valence-electron chi connectivity index (χ0n) is 14.2. The number of thioether (sulfide) groups is 1. The Morgan fingerprint density at radius 1 is 1.24 bits per heavy atom. The van der Waals surface area contributed by atoms with E-state index < -0.39 is 5.91 Å². The van der Waals surface area contributed by atoms with Crippen molar-refractivity contribution >= 4 is 23.4 Å². The Morgan fingerprint density at radius 2 is 1.96 bits per heavy atom. The number of anilines is 1. The number of benzene rings is 1. The van der Waals surface area contributed by atoms with Gasteiger partial charge in [-0.15, -0.1) is 0 Å². The zero-order valence-corrected chi connectivity index (χ0v) is 15.1. The third-order valence-electron chi connectivity index (χ3n) is 3.16. The van der Waals surface area contributed by atoms with E-state index in [0.717, 1.165) is 41.8 Å². The molecule has 1 aromatic rings. The molecule has 2 N–H and O–H groups in total. The van der Waals surface area contributed by atoms with Crippen molar-refractivity contribution in [2.24, 2.45) is 0 Å². The molecular formula is C18H22N4O2S.